The van der Waals surface area contributed by atoms with Gasteiger partial charge in [0.15, 0.2) is 0 Å². The van der Waals surface area contributed by atoms with Gasteiger partial charge in [0.25, 0.3) is 0 Å². The summed E-state index contributed by atoms with van der Waals surface area (Å²) in [4.78, 5) is 21.4. The lowest BCUT2D eigenvalue weighted by Crippen LogP contribution is -2.52. The molecule has 1 unspecified atom stereocenters. The fourth-order valence-electron chi connectivity index (χ4n) is 2.75. The number of aliphatic imine (C=N–C) groups is 1. The van der Waals surface area contributed by atoms with E-state index in [1.807, 2.05) is 12.1 Å². The Morgan fingerprint density at radius 1 is 0.963 bits per heavy atom. The molecule has 1 aliphatic rings. The Bertz CT molecular complexity index is 1040. The molecule has 134 valence electrons. The zero-order chi connectivity index (χ0) is 18.9. The van der Waals surface area contributed by atoms with Crippen LogP contribution in [0.3, 0.4) is 0 Å². The van der Waals surface area contributed by atoms with Crippen molar-refractivity contribution in [3.8, 4) is 11.4 Å². The normalized spacial score (nSPS) is 18.8. The van der Waals surface area contributed by atoms with Crippen LogP contribution in [0.4, 0.5) is 6.01 Å². The van der Waals surface area contributed by atoms with E-state index in [1.54, 1.807) is 36.4 Å². The summed E-state index contributed by atoms with van der Waals surface area (Å²) in [5.41, 5.74) is 1.61. The molecule has 8 heteroatoms. The minimum Gasteiger partial charge on any atom is -0.282 e. The van der Waals surface area contributed by atoms with Crippen molar-refractivity contribution in [2.24, 2.45) is 4.99 Å². The van der Waals surface area contributed by atoms with Crippen molar-refractivity contribution >= 4 is 41.5 Å². The first-order valence-corrected chi connectivity index (χ1v) is 8.80. The first-order chi connectivity index (χ1) is 13.1. The summed E-state index contributed by atoms with van der Waals surface area (Å²) in [6, 6.07) is 14.4. The Hall–Kier alpha value is -2.80. The van der Waals surface area contributed by atoms with Gasteiger partial charge in [0.1, 0.15) is 6.54 Å². The number of quaternary nitrogens is 1. The van der Waals surface area contributed by atoms with Crippen molar-refractivity contribution in [3.63, 3.8) is 0 Å². The maximum atomic E-state index is 12.8. The van der Waals surface area contributed by atoms with Crippen molar-refractivity contribution < 1.29 is 9.32 Å². The highest BCUT2D eigenvalue weighted by molar-refractivity contribution is 6.30. The molecule has 2 aromatic carbocycles. The summed E-state index contributed by atoms with van der Waals surface area (Å²) in [7, 11) is 0. The van der Waals surface area contributed by atoms with Crippen LogP contribution in [0.25, 0.3) is 11.4 Å². The molecular weight excluding hydrogens is 387 g/mol. The van der Waals surface area contributed by atoms with Crippen LogP contribution in [0.1, 0.15) is 5.56 Å². The number of hydrogen-bond donors (Lipinski definition) is 0. The molecule has 0 spiro atoms. The van der Waals surface area contributed by atoms with Gasteiger partial charge in [-0.2, -0.15) is 0 Å². The Labute approximate surface area is 164 Å². The largest absolute Gasteiger partial charge is 0.441 e. The number of hydrogen-bond acceptors (Lipinski definition) is 5. The molecule has 4 rings (SSSR count). The third-order valence-electron chi connectivity index (χ3n) is 4.16. The highest BCUT2D eigenvalue weighted by Gasteiger charge is 2.44. The number of carbonyl (C=O) groups is 1. The van der Waals surface area contributed by atoms with Crippen LogP contribution in [-0.4, -0.2) is 22.4 Å². The highest BCUT2D eigenvalue weighted by atomic mass is 35.5. The predicted molar refractivity (Wildman–Crippen MR) is 104 cm³/mol. The van der Waals surface area contributed by atoms with Crippen LogP contribution in [0, 0.1) is 0 Å². The second-order valence-electron chi connectivity index (χ2n) is 5.98. The lowest BCUT2D eigenvalue weighted by atomic mass is 10.2. The average Bonchev–Trinajstić information content (AvgIpc) is 3.17. The Morgan fingerprint density at radius 2 is 1.63 bits per heavy atom. The number of aromatic nitrogens is 2. The summed E-state index contributed by atoms with van der Waals surface area (Å²) in [6.45, 7) is 0.270. The van der Waals surface area contributed by atoms with E-state index in [4.69, 9.17) is 27.7 Å². The van der Waals surface area contributed by atoms with Crippen molar-refractivity contribution in [3.05, 3.63) is 76.4 Å². The van der Waals surface area contributed by atoms with Gasteiger partial charge < -0.3 is 0 Å². The van der Waals surface area contributed by atoms with Crippen molar-refractivity contribution in [2.45, 2.75) is 6.54 Å². The summed E-state index contributed by atoms with van der Waals surface area (Å²) in [5.74, 6) is 0.136. The van der Waals surface area contributed by atoms with E-state index < -0.39 is 0 Å². The summed E-state index contributed by atoms with van der Waals surface area (Å²) < 4.78 is 5.13. The van der Waals surface area contributed by atoms with E-state index in [9.17, 15) is 4.79 Å². The van der Waals surface area contributed by atoms with Gasteiger partial charge in [0.2, 0.25) is 12.2 Å². The fourth-order valence-corrected chi connectivity index (χ4v) is 3.00. The van der Waals surface area contributed by atoms with E-state index in [-0.39, 0.29) is 22.9 Å². The molecule has 0 bridgehead atoms. The predicted octanol–water partition coefficient (Wildman–Crippen LogP) is 4.63. The summed E-state index contributed by atoms with van der Waals surface area (Å²) in [6.07, 6.45) is 4.33. The van der Waals surface area contributed by atoms with Crippen LogP contribution in [0.15, 0.2) is 70.3 Å². The molecule has 0 saturated heterocycles. The number of benzene rings is 2. The topological polar surface area (TPSA) is 68.3 Å². The number of amides is 1. The molecule has 0 N–H and O–H groups in total. The van der Waals surface area contributed by atoms with Gasteiger partial charge in [0.05, 0.1) is 6.08 Å². The number of halogens is 2. The fraction of sp³-hybridized carbons (Fsp3) is 0.0526. The Kier molecular flexibility index (Phi) is 4.61. The van der Waals surface area contributed by atoms with Crippen LogP contribution < -0.4 is 4.48 Å². The van der Waals surface area contributed by atoms with Gasteiger partial charge >= 0.3 is 11.9 Å². The monoisotopic (exact) mass is 399 g/mol. The van der Waals surface area contributed by atoms with Gasteiger partial charge in [-0.25, -0.2) is 9.79 Å². The minimum atomic E-state index is -0.335. The van der Waals surface area contributed by atoms with Crippen molar-refractivity contribution in [2.75, 3.05) is 0 Å². The lowest BCUT2D eigenvalue weighted by Gasteiger charge is -2.25. The Morgan fingerprint density at radius 3 is 2.30 bits per heavy atom. The molecule has 0 fully saturated rings. The molecule has 6 nitrogen and oxygen atoms in total. The van der Waals surface area contributed by atoms with Gasteiger partial charge in [-0.15, -0.1) is 9.47 Å². The maximum absolute atomic E-state index is 12.8. The molecule has 3 aromatic rings. The van der Waals surface area contributed by atoms with Crippen LogP contribution in [-0.2, 0) is 11.3 Å². The van der Waals surface area contributed by atoms with Crippen LogP contribution >= 0.6 is 23.2 Å². The highest BCUT2D eigenvalue weighted by Crippen LogP contribution is 2.29. The molecule has 0 saturated carbocycles. The first-order valence-electron chi connectivity index (χ1n) is 8.05. The molecular formula is C19H13Cl2N4O2+. The van der Waals surface area contributed by atoms with E-state index in [0.717, 1.165) is 11.1 Å². The number of rotatable bonds is 4. The average molecular weight is 400 g/mol. The molecule has 1 aliphatic heterocycles. The quantitative estimate of drug-likeness (QED) is 0.599. The summed E-state index contributed by atoms with van der Waals surface area (Å²) in [5, 5.41) is 5.25. The first kappa shape index (κ1) is 17.6. The second-order valence-corrected chi connectivity index (χ2v) is 6.85. The molecule has 1 atom stereocenters. The van der Waals surface area contributed by atoms with Gasteiger partial charge in [0, 0.05) is 27.4 Å². The number of nitrogens with zero attached hydrogens (tertiary/aromatic N) is 4. The summed E-state index contributed by atoms with van der Waals surface area (Å²) >= 11 is 11.9. The van der Waals surface area contributed by atoms with Crippen molar-refractivity contribution in [1.82, 2.24) is 14.6 Å². The number of carbonyl (C=O) groups excluding carboxylic acids is 1. The van der Waals surface area contributed by atoms with E-state index >= 15 is 0 Å². The third-order valence-corrected chi connectivity index (χ3v) is 4.67. The van der Waals surface area contributed by atoms with Crippen LogP contribution in [0.2, 0.25) is 10.0 Å². The van der Waals surface area contributed by atoms with Gasteiger partial charge in [-0.05, 0) is 36.4 Å². The van der Waals surface area contributed by atoms with Crippen molar-refractivity contribution in [1.29, 1.82) is 0 Å². The van der Waals surface area contributed by atoms with Gasteiger partial charge in [-0.3, -0.25) is 4.52 Å². The molecule has 0 aliphatic carbocycles. The zero-order valence-corrected chi connectivity index (χ0v) is 15.4. The Balaban J connectivity index is 1.74. The SMILES string of the molecule is O=C1C=CN=C[N+]1(Cc1ccc(Cl)cc1)c1nc(-c2ccc(Cl)cc2)no1. The molecule has 0 radical (unpaired) electrons. The second kappa shape index (κ2) is 7.08. The molecule has 27 heavy (non-hydrogen) atoms. The van der Waals surface area contributed by atoms with Crippen LogP contribution in [0.5, 0.6) is 0 Å². The minimum absolute atomic E-state index is 0.132. The van der Waals surface area contributed by atoms with E-state index in [2.05, 4.69) is 15.1 Å². The molecule has 2 heterocycles. The molecule has 1 amide bonds. The lowest BCUT2D eigenvalue weighted by molar-refractivity contribution is -0.123. The standard InChI is InChI=1S/C19H13Cl2N4O2/c20-15-5-1-13(2-6-15)11-25(12-22-10-9-17(25)26)19-23-18(24-27-19)14-3-7-16(21)8-4-14/h1-10,12H,11H2/q+1. The third kappa shape index (κ3) is 3.42. The smallest absolute Gasteiger partial charge is 0.282 e. The van der Waals surface area contributed by atoms with E-state index in [1.165, 1.54) is 18.6 Å². The molecule has 1 aromatic heterocycles. The van der Waals surface area contributed by atoms with E-state index in [0.29, 0.717) is 15.9 Å². The maximum Gasteiger partial charge on any atom is 0.441 e. The van der Waals surface area contributed by atoms with Gasteiger partial charge in [-0.1, -0.05) is 40.5 Å². The zero-order valence-electron chi connectivity index (χ0n) is 13.9.